The minimum Gasteiger partial charge on any atom is -0.484 e. The number of benzene rings is 2. The van der Waals surface area contributed by atoms with Gasteiger partial charge in [0.15, 0.2) is 24.8 Å². The Balaban J connectivity index is 1.79. The summed E-state index contributed by atoms with van der Waals surface area (Å²) in [4.78, 5) is 23.1. The van der Waals surface area contributed by atoms with Crippen LogP contribution in [0.25, 0.3) is 0 Å². The van der Waals surface area contributed by atoms with Crippen molar-refractivity contribution in [3.05, 3.63) is 54.3 Å². The highest BCUT2D eigenvalue weighted by Crippen LogP contribution is 2.17. The number of likely N-dealkylation sites (N-methyl/N-ethyl adjacent to an activating group) is 1. The normalized spacial score (nSPS) is 10.0. The van der Waals surface area contributed by atoms with Gasteiger partial charge in [0.2, 0.25) is 0 Å². The van der Waals surface area contributed by atoms with E-state index >= 15 is 0 Å². The maximum atomic E-state index is 13.4. The topological polar surface area (TPSA) is 76.7 Å². The second-order valence-electron chi connectivity index (χ2n) is 5.03. The van der Waals surface area contributed by atoms with Gasteiger partial charge in [0.25, 0.3) is 11.8 Å². The largest absolute Gasteiger partial charge is 0.484 e. The Hall–Kier alpha value is -3.09. The molecule has 0 aliphatic carbocycles. The van der Waals surface area contributed by atoms with Crippen LogP contribution in [0.4, 0.5) is 10.1 Å². The maximum absolute atomic E-state index is 13.4. The first kappa shape index (κ1) is 18.3. The highest BCUT2D eigenvalue weighted by Gasteiger charge is 2.07. The quantitative estimate of drug-likeness (QED) is 0.769. The van der Waals surface area contributed by atoms with Crippen LogP contribution in [0.2, 0.25) is 0 Å². The minimum atomic E-state index is -0.524. The van der Waals surface area contributed by atoms with Crippen molar-refractivity contribution in [3.8, 4) is 11.5 Å². The van der Waals surface area contributed by atoms with Gasteiger partial charge in [-0.15, -0.1) is 0 Å². The third-order valence-electron chi connectivity index (χ3n) is 3.08. The van der Waals surface area contributed by atoms with E-state index < -0.39 is 11.7 Å². The molecule has 25 heavy (non-hydrogen) atoms. The molecule has 0 heterocycles. The Kier molecular flexibility index (Phi) is 6.76. The molecule has 2 amide bonds. The summed E-state index contributed by atoms with van der Waals surface area (Å²) in [5, 5.41) is 5.25. The first-order valence-electron chi connectivity index (χ1n) is 7.75. The van der Waals surface area contributed by atoms with E-state index in [9.17, 15) is 14.0 Å². The SMILES string of the molecule is CCNC(=O)COc1ccc(NC(=O)COc2ccccc2F)cc1. The molecule has 0 aromatic heterocycles. The van der Waals surface area contributed by atoms with Crippen LogP contribution in [0, 0.1) is 5.82 Å². The Morgan fingerprint density at radius 1 is 0.960 bits per heavy atom. The highest BCUT2D eigenvalue weighted by molar-refractivity contribution is 5.91. The van der Waals surface area contributed by atoms with Gasteiger partial charge in [-0.25, -0.2) is 4.39 Å². The first-order valence-corrected chi connectivity index (χ1v) is 7.75. The lowest BCUT2D eigenvalue weighted by Gasteiger charge is -2.09. The number of rotatable bonds is 8. The van der Waals surface area contributed by atoms with E-state index in [1.165, 1.54) is 18.2 Å². The summed E-state index contributed by atoms with van der Waals surface area (Å²) in [7, 11) is 0. The molecule has 0 fully saturated rings. The molecule has 0 unspecified atom stereocenters. The molecule has 0 aliphatic rings. The predicted molar refractivity (Wildman–Crippen MR) is 91.1 cm³/mol. The lowest BCUT2D eigenvalue weighted by atomic mass is 10.3. The lowest BCUT2D eigenvalue weighted by Crippen LogP contribution is -2.28. The third kappa shape index (κ3) is 6.14. The van der Waals surface area contributed by atoms with Crippen LogP contribution in [-0.4, -0.2) is 31.6 Å². The van der Waals surface area contributed by atoms with Gasteiger partial charge in [-0.05, 0) is 43.3 Å². The Labute approximate surface area is 144 Å². The maximum Gasteiger partial charge on any atom is 0.262 e. The van der Waals surface area contributed by atoms with Gasteiger partial charge in [0.1, 0.15) is 5.75 Å². The molecule has 2 aromatic rings. The summed E-state index contributed by atoms with van der Waals surface area (Å²) >= 11 is 0. The van der Waals surface area contributed by atoms with E-state index in [1.807, 2.05) is 6.92 Å². The van der Waals surface area contributed by atoms with E-state index in [0.717, 1.165) is 0 Å². The molecule has 132 valence electrons. The van der Waals surface area contributed by atoms with Crippen LogP contribution in [-0.2, 0) is 9.59 Å². The summed E-state index contributed by atoms with van der Waals surface area (Å²) in [6.07, 6.45) is 0. The third-order valence-corrected chi connectivity index (χ3v) is 3.08. The summed E-state index contributed by atoms with van der Waals surface area (Å²) in [6.45, 7) is 1.99. The Bertz CT molecular complexity index is 719. The van der Waals surface area contributed by atoms with Crippen LogP contribution in [0.15, 0.2) is 48.5 Å². The zero-order chi connectivity index (χ0) is 18.1. The molecule has 0 bridgehead atoms. The number of hydrogen-bond acceptors (Lipinski definition) is 4. The fourth-order valence-electron chi connectivity index (χ4n) is 1.93. The molecule has 0 radical (unpaired) electrons. The molecule has 0 aliphatic heterocycles. The van der Waals surface area contributed by atoms with Crippen molar-refractivity contribution < 1.29 is 23.5 Å². The fraction of sp³-hybridized carbons (Fsp3) is 0.222. The molecule has 2 N–H and O–H groups in total. The number of carbonyl (C=O) groups excluding carboxylic acids is 2. The Morgan fingerprint density at radius 3 is 2.32 bits per heavy atom. The summed E-state index contributed by atoms with van der Waals surface area (Å²) in [5.74, 6) is -0.619. The average molecular weight is 346 g/mol. The van der Waals surface area contributed by atoms with Crippen molar-refractivity contribution in [1.29, 1.82) is 0 Å². The van der Waals surface area contributed by atoms with Crippen molar-refractivity contribution in [2.24, 2.45) is 0 Å². The number of nitrogens with one attached hydrogen (secondary N) is 2. The van der Waals surface area contributed by atoms with Gasteiger partial charge in [-0.3, -0.25) is 9.59 Å². The molecule has 7 heteroatoms. The van der Waals surface area contributed by atoms with Crippen LogP contribution < -0.4 is 20.1 Å². The lowest BCUT2D eigenvalue weighted by molar-refractivity contribution is -0.123. The van der Waals surface area contributed by atoms with E-state index in [4.69, 9.17) is 9.47 Å². The zero-order valence-electron chi connectivity index (χ0n) is 13.8. The number of amides is 2. The van der Waals surface area contributed by atoms with Gasteiger partial charge in [-0.1, -0.05) is 12.1 Å². The number of carbonyl (C=O) groups is 2. The molecular weight excluding hydrogens is 327 g/mol. The number of para-hydroxylation sites is 1. The van der Waals surface area contributed by atoms with Gasteiger partial charge < -0.3 is 20.1 Å². The van der Waals surface area contributed by atoms with Crippen molar-refractivity contribution in [1.82, 2.24) is 5.32 Å². The first-order chi connectivity index (χ1) is 12.1. The predicted octanol–water partition coefficient (Wildman–Crippen LogP) is 2.36. The number of anilines is 1. The Morgan fingerprint density at radius 2 is 1.64 bits per heavy atom. The van der Waals surface area contributed by atoms with Gasteiger partial charge in [0, 0.05) is 12.2 Å². The fourth-order valence-corrected chi connectivity index (χ4v) is 1.93. The van der Waals surface area contributed by atoms with E-state index in [-0.39, 0.29) is 24.9 Å². The van der Waals surface area contributed by atoms with Crippen LogP contribution >= 0.6 is 0 Å². The van der Waals surface area contributed by atoms with Gasteiger partial charge >= 0.3 is 0 Å². The van der Waals surface area contributed by atoms with E-state index in [0.29, 0.717) is 18.0 Å². The standard InChI is InChI=1S/C18H19FN2O4/c1-2-20-17(22)11-24-14-9-7-13(8-10-14)21-18(23)12-25-16-6-4-3-5-15(16)19/h3-10H,2,11-12H2,1H3,(H,20,22)(H,21,23). The summed E-state index contributed by atoms with van der Waals surface area (Å²) in [5.41, 5.74) is 0.535. The number of hydrogen-bond donors (Lipinski definition) is 2. The van der Waals surface area contributed by atoms with Gasteiger partial charge in [0.05, 0.1) is 0 Å². The van der Waals surface area contributed by atoms with E-state index in [1.54, 1.807) is 30.3 Å². The monoisotopic (exact) mass is 346 g/mol. The van der Waals surface area contributed by atoms with Crippen molar-refractivity contribution >= 4 is 17.5 Å². The number of ether oxygens (including phenoxy) is 2. The zero-order valence-corrected chi connectivity index (χ0v) is 13.8. The molecule has 0 spiro atoms. The average Bonchev–Trinajstić information content (AvgIpc) is 2.61. The van der Waals surface area contributed by atoms with Crippen LogP contribution in [0.5, 0.6) is 11.5 Å². The molecule has 2 aromatic carbocycles. The molecule has 6 nitrogen and oxygen atoms in total. The van der Waals surface area contributed by atoms with Crippen molar-refractivity contribution in [2.75, 3.05) is 25.1 Å². The molecule has 2 rings (SSSR count). The molecule has 0 atom stereocenters. The van der Waals surface area contributed by atoms with E-state index in [2.05, 4.69) is 10.6 Å². The van der Waals surface area contributed by atoms with Crippen LogP contribution in [0.1, 0.15) is 6.92 Å². The molecule has 0 saturated heterocycles. The van der Waals surface area contributed by atoms with Crippen molar-refractivity contribution in [3.63, 3.8) is 0 Å². The molecular formula is C18H19FN2O4. The summed E-state index contributed by atoms with van der Waals surface area (Å²) < 4.78 is 23.8. The molecule has 0 saturated carbocycles. The van der Waals surface area contributed by atoms with Crippen LogP contribution in [0.3, 0.4) is 0 Å². The summed E-state index contributed by atoms with van der Waals surface area (Å²) in [6, 6.07) is 12.4. The number of halogens is 1. The highest BCUT2D eigenvalue weighted by atomic mass is 19.1. The smallest absolute Gasteiger partial charge is 0.262 e. The van der Waals surface area contributed by atoms with Gasteiger partial charge in [-0.2, -0.15) is 0 Å². The second-order valence-corrected chi connectivity index (χ2v) is 5.03. The second kappa shape index (κ2) is 9.27. The van der Waals surface area contributed by atoms with Crippen molar-refractivity contribution in [2.45, 2.75) is 6.92 Å². The minimum absolute atomic E-state index is 0.0201.